The number of ether oxygens (including phenoxy) is 1. The highest BCUT2D eigenvalue weighted by molar-refractivity contribution is 9.10. The van der Waals surface area contributed by atoms with Gasteiger partial charge in [0.1, 0.15) is 5.75 Å². The van der Waals surface area contributed by atoms with Gasteiger partial charge in [0.25, 0.3) is 5.91 Å². The second-order valence-corrected chi connectivity index (χ2v) is 8.01. The van der Waals surface area contributed by atoms with Crippen molar-refractivity contribution in [1.82, 2.24) is 4.90 Å². The fourth-order valence-corrected chi connectivity index (χ4v) is 4.09. The molecule has 0 radical (unpaired) electrons. The Labute approximate surface area is 150 Å². The summed E-state index contributed by atoms with van der Waals surface area (Å²) in [6, 6.07) is 5.43. The SMILES string of the molecule is CC(C)Oc1cc(Br)cc(C(=O)N2CCC3(CC2)CC3C(=O)O)c1. The van der Waals surface area contributed by atoms with E-state index in [-0.39, 0.29) is 23.3 Å². The average molecular weight is 396 g/mol. The predicted molar refractivity (Wildman–Crippen MR) is 93.2 cm³/mol. The molecule has 1 amide bonds. The van der Waals surface area contributed by atoms with Crippen LogP contribution in [0.5, 0.6) is 5.75 Å². The maximum Gasteiger partial charge on any atom is 0.307 e. The summed E-state index contributed by atoms with van der Waals surface area (Å²) < 4.78 is 6.50. The van der Waals surface area contributed by atoms with Crippen LogP contribution in [0.25, 0.3) is 0 Å². The Balaban J connectivity index is 1.67. The molecule has 6 heteroatoms. The predicted octanol–water partition coefficient (Wildman–Crippen LogP) is 3.56. The maximum absolute atomic E-state index is 12.8. The Hall–Kier alpha value is -1.56. The third kappa shape index (κ3) is 3.43. The molecule has 1 unspecified atom stereocenters. The van der Waals surface area contributed by atoms with Gasteiger partial charge in [-0.05, 0) is 56.7 Å². The summed E-state index contributed by atoms with van der Waals surface area (Å²) in [6.45, 7) is 5.13. The number of benzene rings is 1. The lowest BCUT2D eigenvalue weighted by atomic mass is 9.90. The Kier molecular flexibility index (Phi) is 4.60. The van der Waals surface area contributed by atoms with Crippen molar-refractivity contribution in [1.29, 1.82) is 0 Å². The minimum absolute atomic E-state index is 0.0210. The van der Waals surface area contributed by atoms with Gasteiger partial charge in [0.2, 0.25) is 0 Å². The van der Waals surface area contributed by atoms with Gasteiger partial charge in [-0.3, -0.25) is 9.59 Å². The molecule has 2 fully saturated rings. The fourth-order valence-electron chi connectivity index (χ4n) is 3.61. The van der Waals surface area contributed by atoms with E-state index in [4.69, 9.17) is 9.84 Å². The van der Waals surface area contributed by atoms with Gasteiger partial charge in [0.05, 0.1) is 12.0 Å². The van der Waals surface area contributed by atoms with E-state index in [0.29, 0.717) is 24.4 Å². The summed E-state index contributed by atoms with van der Waals surface area (Å²) in [4.78, 5) is 25.7. The number of rotatable bonds is 4. The number of hydrogen-bond donors (Lipinski definition) is 1. The number of carbonyl (C=O) groups excluding carboxylic acids is 1. The quantitative estimate of drug-likeness (QED) is 0.845. The number of carbonyl (C=O) groups is 2. The zero-order valence-corrected chi connectivity index (χ0v) is 15.5. The number of aliphatic carboxylic acids is 1. The molecule has 1 saturated carbocycles. The van der Waals surface area contributed by atoms with Gasteiger partial charge in [-0.1, -0.05) is 15.9 Å². The highest BCUT2D eigenvalue weighted by atomic mass is 79.9. The van der Waals surface area contributed by atoms with Crippen LogP contribution in [0.4, 0.5) is 0 Å². The Bertz CT molecular complexity index is 665. The van der Waals surface area contributed by atoms with Gasteiger partial charge in [-0.15, -0.1) is 0 Å². The van der Waals surface area contributed by atoms with Crippen molar-refractivity contribution in [2.45, 2.75) is 39.2 Å². The monoisotopic (exact) mass is 395 g/mol. The standard InChI is InChI=1S/C18H22BrNO4/c1-11(2)24-14-8-12(7-13(19)9-14)16(21)20-5-3-18(4-6-20)10-15(18)17(22)23/h7-9,11,15H,3-6,10H2,1-2H3,(H,22,23). The van der Waals surface area contributed by atoms with E-state index in [0.717, 1.165) is 23.7 Å². The van der Waals surface area contributed by atoms with Crippen molar-refractivity contribution >= 4 is 27.8 Å². The lowest BCUT2D eigenvalue weighted by Crippen LogP contribution is -2.40. The average Bonchev–Trinajstić information content (AvgIpc) is 3.20. The Morgan fingerprint density at radius 2 is 1.96 bits per heavy atom. The van der Waals surface area contributed by atoms with E-state index in [9.17, 15) is 9.59 Å². The van der Waals surface area contributed by atoms with Gasteiger partial charge >= 0.3 is 5.97 Å². The van der Waals surface area contributed by atoms with Gasteiger partial charge in [0.15, 0.2) is 0 Å². The molecule has 5 nitrogen and oxygen atoms in total. The van der Waals surface area contributed by atoms with E-state index in [1.54, 1.807) is 12.1 Å². The molecule has 1 aromatic rings. The minimum atomic E-state index is -0.697. The summed E-state index contributed by atoms with van der Waals surface area (Å²) >= 11 is 3.43. The summed E-state index contributed by atoms with van der Waals surface area (Å²) in [6.07, 6.45) is 2.35. The first-order valence-electron chi connectivity index (χ1n) is 8.30. The number of carboxylic acid groups (broad SMARTS) is 1. The van der Waals surface area contributed by atoms with Gasteiger partial charge in [-0.25, -0.2) is 0 Å². The van der Waals surface area contributed by atoms with E-state index < -0.39 is 5.97 Å². The zero-order chi connectivity index (χ0) is 17.5. The first-order chi connectivity index (χ1) is 11.3. The molecule has 3 rings (SSSR count). The molecular formula is C18H22BrNO4. The van der Waals surface area contributed by atoms with E-state index in [1.807, 2.05) is 24.8 Å². The highest BCUT2D eigenvalue weighted by Crippen LogP contribution is 2.59. The Morgan fingerprint density at radius 1 is 1.29 bits per heavy atom. The number of piperidine rings is 1. The molecule has 1 spiro atoms. The van der Waals surface area contributed by atoms with Crippen molar-refractivity contribution in [2.75, 3.05) is 13.1 Å². The molecule has 0 bridgehead atoms. The van der Waals surface area contributed by atoms with Crippen molar-refractivity contribution < 1.29 is 19.4 Å². The van der Waals surface area contributed by atoms with E-state index >= 15 is 0 Å². The number of nitrogens with zero attached hydrogens (tertiary/aromatic N) is 1. The number of halogens is 1. The molecule has 1 aliphatic heterocycles. The molecule has 1 heterocycles. The fraction of sp³-hybridized carbons (Fsp3) is 0.556. The van der Waals surface area contributed by atoms with Crippen LogP contribution in [0.15, 0.2) is 22.7 Å². The molecule has 1 N–H and O–H groups in total. The van der Waals surface area contributed by atoms with Crippen LogP contribution in [-0.4, -0.2) is 41.1 Å². The normalized spacial score (nSPS) is 21.8. The topological polar surface area (TPSA) is 66.8 Å². The van der Waals surface area contributed by atoms with Crippen molar-refractivity contribution in [2.24, 2.45) is 11.3 Å². The van der Waals surface area contributed by atoms with Crippen molar-refractivity contribution in [3.05, 3.63) is 28.2 Å². The van der Waals surface area contributed by atoms with Crippen LogP contribution >= 0.6 is 15.9 Å². The highest BCUT2D eigenvalue weighted by Gasteiger charge is 2.59. The molecule has 1 saturated heterocycles. The van der Waals surface area contributed by atoms with Gasteiger partial charge in [0, 0.05) is 23.1 Å². The number of likely N-dealkylation sites (tertiary alicyclic amines) is 1. The Morgan fingerprint density at radius 3 is 2.50 bits per heavy atom. The smallest absolute Gasteiger partial charge is 0.307 e. The molecule has 0 aromatic heterocycles. The molecular weight excluding hydrogens is 374 g/mol. The molecule has 130 valence electrons. The third-order valence-electron chi connectivity index (χ3n) is 5.02. The van der Waals surface area contributed by atoms with Crippen LogP contribution in [0.2, 0.25) is 0 Å². The van der Waals surface area contributed by atoms with Gasteiger partial charge in [-0.2, -0.15) is 0 Å². The number of amides is 1. The van der Waals surface area contributed by atoms with Crippen molar-refractivity contribution in [3.8, 4) is 5.75 Å². The maximum atomic E-state index is 12.8. The first kappa shape index (κ1) is 17.3. The number of carboxylic acids is 1. The summed E-state index contributed by atoms with van der Waals surface area (Å²) in [7, 11) is 0. The zero-order valence-electron chi connectivity index (χ0n) is 13.9. The first-order valence-corrected chi connectivity index (χ1v) is 9.09. The summed E-state index contributed by atoms with van der Waals surface area (Å²) in [5.41, 5.74) is 0.535. The lowest BCUT2D eigenvalue weighted by Gasteiger charge is -2.32. The van der Waals surface area contributed by atoms with Crippen molar-refractivity contribution in [3.63, 3.8) is 0 Å². The molecule has 1 aliphatic carbocycles. The molecule has 24 heavy (non-hydrogen) atoms. The minimum Gasteiger partial charge on any atom is -0.491 e. The summed E-state index contributed by atoms with van der Waals surface area (Å²) in [5, 5.41) is 9.16. The summed E-state index contributed by atoms with van der Waals surface area (Å²) in [5.74, 6) is -0.263. The molecule has 1 aromatic carbocycles. The van der Waals surface area contributed by atoms with Crippen LogP contribution in [0.3, 0.4) is 0 Å². The third-order valence-corrected chi connectivity index (χ3v) is 5.48. The molecule has 2 aliphatic rings. The number of hydrogen-bond acceptors (Lipinski definition) is 3. The van der Waals surface area contributed by atoms with E-state index in [1.165, 1.54) is 0 Å². The second kappa shape index (κ2) is 6.39. The van der Waals surface area contributed by atoms with Crippen LogP contribution < -0.4 is 4.74 Å². The van der Waals surface area contributed by atoms with Crippen LogP contribution in [0.1, 0.15) is 43.5 Å². The van der Waals surface area contributed by atoms with Gasteiger partial charge < -0.3 is 14.7 Å². The van der Waals surface area contributed by atoms with Crippen LogP contribution in [-0.2, 0) is 4.79 Å². The van der Waals surface area contributed by atoms with Crippen LogP contribution in [0, 0.1) is 11.3 Å². The molecule has 1 atom stereocenters. The second-order valence-electron chi connectivity index (χ2n) is 7.09. The lowest BCUT2D eigenvalue weighted by molar-refractivity contribution is -0.139. The largest absolute Gasteiger partial charge is 0.491 e. The van der Waals surface area contributed by atoms with E-state index in [2.05, 4.69) is 15.9 Å².